The summed E-state index contributed by atoms with van der Waals surface area (Å²) in [6, 6.07) is 8.92. The van der Waals surface area contributed by atoms with E-state index >= 15 is 0 Å². The van der Waals surface area contributed by atoms with E-state index in [1.165, 1.54) is 0 Å². The van der Waals surface area contributed by atoms with Crippen LogP contribution in [0.2, 0.25) is 0 Å². The Labute approximate surface area is 108 Å². The van der Waals surface area contributed by atoms with E-state index in [0.717, 1.165) is 13.0 Å². The van der Waals surface area contributed by atoms with Crippen LogP contribution in [-0.4, -0.2) is 19.1 Å². The molecular weight excluding hydrogens is 228 g/mol. The lowest BCUT2D eigenvalue weighted by molar-refractivity contribution is -0.116. The molecule has 0 fully saturated rings. The van der Waals surface area contributed by atoms with Crippen LogP contribution in [-0.2, 0) is 9.53 Å². The molecular formula is C14H18N2O2. The van der Waals surface area contributed by atoms with E-state index < -0.39 is 0 Å². The first-order chi connectivity index (χ1) is 8.76. The van der Waals surface area contributed by atoms with Crippen LogP contribution in [0.3, 0.4) is 0 Å². The highest BCUT2D eigenvalue weighted by molar-refractivity contribution is 5.90. The van der Waals surface area contributed by atoms with E-state index in [1.54, 1.807) is 24.3 Å². The minimum absolute atomic E-state index is 0.0508. The van der Waals surface area contributed by atoms with E-state index in [1.807, 2.05) is 6.07 Å². The standard InChI is InChI=1S/C14H18N2O2/c1-2-8-18-9-4-7-14(17)16-13-6-3-5-12(10-13)11-15/h3,5-6,10H,2,4,7-9H2,1H3,(H,16,17). The van der Waals surface area contributed by atoms with Crippen LogP contribution in [0.1, 0.15) is 31.7 Å². The Kier molecular flexibility index (Phi) is 6.52. The summed E-state index contributed by atoms with van der Waals surface area (Å²) in [6.07, 6.45) is 2.14. The second kappa shape index (κ2) is 8.26. The average molecular weight is 246 g/mol. The Morgan fingerprint density at radius 3 is 3.00 bits per heavy atom. The number of hydrogen-bond donors (Lipinski definition) is 1. The minimum Gasteiger partial charge on any atom is -0.381 e. The number of amides is 1. The third-order valence-electron chi connectivity index (χ3n) is 2.32. The minimum atomic E-state index is -0.0508. The molecule has 1 aromatic rings. The van der Waals surface area contributed by atoms with E-state index in [4.69, 9.17) is 10.00 Å². The van der Waals surface area contributed by atoms with Gasteiger partial charge in [-0.1, -0.05) is 13.0 Å². The fourth-order valence-corrected chi connectivity index (χ4v) is 1.47. The van der Waals surface area contributed by atoms with Crippen molar-refractivity contribution in [3.8, 4) is 6.07 Å². The summed E-state index contributed by atoms with van der Waals surface area (Å²) in [4.78, 5) is 11.6. The molecule has 1 aromatic carbocycles. The van der Waals surface area contributed by atoms with Crippen molar-refractivity contribution < 1.29 is 9.53 Å². The summed E-state index contributed by atoms with van der Waals surface area (Å²) in [5, 5.41) is 11.5. The van der Waals surface area contributed by atoms with E-state index in [2.05, 4.69) is 12.2 Å². The highest BCUT2D eigenvalue weighted by Gasteiger charge is 2.02. The molecule has 0 saturated carbocycles. The molecule has 0 aromatic heterocycles. The van der Waals surface area contributed by atoms with Gasteiger partial charge in [-0.2, -0.15) is 5.26 Å². The van der Waals surface area contributed by atoms with Crippen molar-refractivity contribution in [1.29, 1.82) is 5.26 Å². The number of ether oxygens (including phenoxy) is 1. The second-order valence-electron chi connectivity index (χ2n) is 3.96. The average Bonchev–Trinajstić information content (AvgIpc) is 2.38. The normalized spacial score (nSPS) is 9.78. The molecule has 1 N–H and O–H groups in total. The van der Waals surface area contributed by atoms with Gasteiger partial charge in [-0.15, -0.1) is 0 Å². The Morgan fingerprint density at radius 1 is 1.44 bits per heavy atom. The van der Waals surface area contributed by atoms with Gasteiger partial charge in [-0.25, -0.2) is 0 Å². The van der Waals surface area contributed by atoms with Gasteiger partial charge in [0.05, 0.1) is 11.6 Å². The van der Waals surface area contributed by atoms with Gasteiger partial charge in [-0.05, 0) is 31.0 Å². The molecule has 4 heteroatoms. The highest BCUT2D eigenvalue weighted by atomic mass is 16.5. The third kappa shape index (κ3) is 5.46. The van der Waals surface area contributed by atoms with Crippen molar-refractivity contribution in [3.63, 3.8) is 0 Å². The zero-order valence-corrected chi connectivity index (χ0v) is 10.6. The Hall–Kier alpha value is -1.86. The van der Waals surface area contributed by atoms with Crippen LogP contribution < -0.4 is 5.32 Å². The predicted molar refractivity (Wildman–Crippen MR) is 70.1 cm³/mol. The van der Waals surface area contributed by atoms with Gasteiger partial charge in [0.25, 0.3) is 0 Å². The quantitative estimate of drug-likeness (QED) is 0.752. The van der Waals surface area contributed by atoms with Crippen LogP contribution in [0.4, 0.5) is 5.69 Å². The zero-order chi connectivity index (χ0) is 13.2. The molecule has 0 bridgehead atoms. The summed E-state index contributed by atoms with van der Waals surface area (Å²) in [5.41, 5.74) is 1.20. The lowest BCUT2D eigenvalue weighted by Crippen LogP contribution is -2.12. The number of benzene rings is 1. The molecule has 0 aliphatic heterocycles. The number of nitrogens with zero attached hydrogens (tertiary/aromatic N) is 1. The fourth-order valence-electron chi connectivity index (χ4n) is 1.47. The second-order valence-corrected chi connectivity index (χ2v) is 3.96. The molecule has 0 aliphatic carbocycles. The molecule has 96 valence electrons. The number of carbonyl (C=O) groups excluding carboxylic acids is 1. The van der Waals surface area contributed by atoms with E-state index in [9.17, 15) is 4.79 Å². The maximum absolute atomic E-state index is 11.6. The maximum atomic E-state index is 11.6. The number of rotatable bonds is 7. The smallest absolute Gasteiger partial charge is 0.224 e. The van der Waals surface area contributed by atoms with Crippen molar-refractivity contribution in [2.45, 2.75) is 26.2 Å². The first-order valence-corrected chi connectivity index (χ1v) is 6.14. The highest BCUT2D eigenvalue weighted by Crippen LogP contribution is 2.10. The molecule has 0 atom stereocenters. The molecule has 18 heavy (non-hydrogen) atoms. The van der Waals surface area contributed by atoms with Crippen molar-refractivity contribution >= 4 is 11.6 Å². The van der Waals surface area contributed by atoms with Gasteiger partial charge in [-0.3, -0.25) is 4.79 Å². The zero-order valence-electron chi connectivity index (χ0n) is 10.6. The number of nitriles is 1. The Balaban J connectivity index is 2.29. The summed E-state index contributed by atoms with van der Waals surface area (Å²) in [6.45, 7) is 3.40. The van der Waals surface area contributed by atoms with Gasteiger partial charge in [0.2, 0.25) is 5.91 Å². The van der Waals surface area contributed by atoms with Crippen molar-refractivity contribution in [3.05, 3.63) is 29.8 Å². The summed E-state index contributed by atoms with van der Waals surface area (Å²) in [5.74, 6) is -0.0508. The van der Waals surface area contributed by atoms with E-state index in [-0.39, 0.29) is 5.91 Å². The topological polar surface area (TPSA) is 62.1 Å². The molecule has 0 unspecified atom stereocenters. The summed E-state index contributed by atoms with van der Waals surface area (Å²) in [7, 11) is 0. The predicted octanol–water partition coefficient (Wildman–Crippen LogP) is 2.70. The molecule has 0 heterocycles. The summed E-state index contributed by atoms with van der Waals surface area (Å²) < 4.78 is 5.30. The molecule has 0 spiro atoms. The molecule has 1 amide bonds. The number of anilines is 1. The number of carbonyl (C=O) groups is 1. The molecule has 0 aliphatic rings. The van der Waals surface area contributed by atoms with Crippen molar-refractivity contribution in [1.82, 2.24) is 0 Å². The fraction of sp³-hybridized carbons (Fsp3) is 0.429. The SMILES string of the molecule is CCCOCCCC(=O)Nc1cccc(C#N)c1. The van der Waals surface area contributed by atoms with Crippen LogP contribution >= 0.6 is 0 Å². The Morgan fingerprint density at radius 2 is 2.28 bits per heavy atom. The first kappa shape index (κ1) is 14.2. The number of nitrogens with one attached hydrogen (secondary N) is 1. The van der Waals surface area contributed by atoms with Crippen LogP contribution in [0.5, 0.6) is 0 Å². The largest absolute Gasteiger partial charge is 0.381 e. The van der Waals surface area contributed by atoms with Crippen molar-refractivity contribution in [2.75, 3.05) is 18.5 Å². The van der Waals surface area contributed by atoms with Gasteiger partial charge in [0.1, 0.15) is 0 Å². The van der Waals surface area contributed by atoms with Crippen LogP contribution in [0.25, 0.3) is 0 Å². The van der Waals surface area contributed by atoms with Gasteiger partial charge in [0, 0.05) is 25.3 Å². The Bertz CT molecular complexity index is 424. The molecule has 1 rings (SSSR count). The van der Waals surface area contributed by atoms with Crippen LogP contribution in [0.15, 0.2) is 24.3 Å². The molecule has 0 saturated heterocycles. The monoisotopic (exact) mass is 246 g/mol. The third-order valence-corrected chi connectivity index (χ3v) is 2.32. The number of hydrogen-bond acceptors (Lipinski definition) is 3. The molecule has 0 radical (unpaired) electrons. The van der Waals surface area contributed by atoms with Gasteiger partial charge < -0.3 is 10.1 Å². The maximum Gasteiger partial charge on any atom is 0.224 e. The molecule has 4 nitrogen and oxygen atoms in total. The van der Waals surface area contributed by atoms with Gasteiger partial charge >= 0.3 is 0 Å². The lowest BCUT2D eigenvalue weighted by Gasteiger charge is -2.05. The summed E-state index contributed by atoms with van der Waals surface area (Å²) >= 11 is 0. The van der Waals surface area contributed by atoms with E-state index in [0.29, 0.717) is 30.7 Å². The lowest BCUT2D eigenvalue weighted by atomic mass is 10.2. The first-order valence-electron chi connectivity index (χ1n) is 6.14. The van der Waals surface area contributed by atoms with Gasteiger partial charge in [0.15, 0.2) is 0 Å². The van der Waals surface area contributed by atoms with Crippen molar-refractivity contribution in [2.24, 2.45) is 0 Å². The van der Waals surface area contributed by atoms with Crippen LogP contribution in [0, 0.1) is 11.3 Å².